The van der Waals surface area contributed by atoms with Gasteiger partial charge in [-0.2, -0.15) is 0 Å². The molecule has 7 nitrogen and oxygen atoms in total. The SMILES string of the molecule is COc1cc(CCC(=O)NC2(CC(=O)O)CCOCC2)cc(OC)c1. The van der Waals surface area contributed by atoms with Crippen LogP contribution in [0, 0.1) is 0 Å². The van der Waals surface area contributed by atoms with Crippen molar-refractivity contribution < 1.29 is 28.9 Å². The Balaban J connectivity index is 1.98. The van der Waals surface area contributed by atoms with E-state index in [1.54, 1.807) is 20.3 Å². The lowest BCUT2D eigenvalue weighted by atomic mass is 9.86. The molecule has 1 aromatic rings. The zero-order valence-electron chi connectivity index (χ0n) is 14.7. The molecule has 138 valence electrons. The van der Waals surface area contributed by atoms with Gasteiger partial charge in [0, 0.05) is 25.7 Å². The molecule has 0 aliphatic carbocycles. The molecule has 1 saturated heterocycles. The van der Waals surface area contributed by atoms with Crippen LogP contribution in [-0.2, 0) is 20.7 Å². The Bertz CT molecular complexity index is 587. The molecule has 0 bridgehead atoms. The molecule has 1 heterocycles. The van der Waals surface area contributed by atoms with E-state index in [0.29, 0.717) is 44.0 Å². The highest BCUT2D eigenvalue weighted by atomic mass is 16.5. The first-order chi connectivity index (χ1) is 12.0. The van der Waals surface area contributed by atoms with Gasteiger partial charge in [-0.1, -0.05) is 0 Å². The topological polar surface area (TPSA) is 94.1 Å². The fraction of sp³-hybridized carbons (Fsp3) is 0.556. The molecule has 0 unspecified atom stereocenters. The van der Waals surface area contributed by atoms with Crippen molar-refractivity contribution in [2.75, 3.05) is 27.4 Å². The normalized spacial score (nSPS) is 16.1. The minimum atomic E-state index is -0.917. The maximum Gasteiger partial charge on any atom is 0.305 e. The van der Waals surface area contributed by atoms with Crippen LogP contribution in [0.5, 0.6) is 11.5 Å². The number of carbonyl (C=O) groups excluding carboxylic acids is 1. The number of amides is 1. The third-order valence-electron chi connectivity index (χ3n) is 4.40. The van der Waals surface area contributed by atoms with E-state index in [2.05, 4.69) is 5.32 Å². The first-order valence-electron chi connectivity index (χ1n) is 8.29. The van der Waals surface area contributed by atoms with Gasteiger partial charge >= 0.3 is 5.97 Å². The molecule has 0 radical (unpaired) electrons. The number of benzene rings is 1. The van der Waals surface area contributed by atoms with E-state index in [1.165, 1.54) is 0 Å². The Morgan fingerprint density at radius 1 is 1.16 bits per heavy atom. The summed E-state index contributed by atoms with van der Waals surface area (Å²) in [5.74, 6) is 0.257. The monoisotopic (exact) mass is 351 g/mol. The highest BCUT2D eigenvalue weighted by Gasteiger charge is 2.36. The quantitative estimate of drug-likeness (QED) is 0.741. The maximum atomic E-state index is 12.4. The number of aliphatic carboxylic acids is 1. The van der Waals surface area contributed by atoms with Crippen molar-refractivity contribution >= 4 is 11.9 Å². The lowest BCUT2D eigenvalue weighted by Crippen LogP contribution is -2.53. The molecule has 1 aliphatic rings. The molecule has 0 saturated carbocycles. The molecule has 25 heavy (non-hydrogen) atoms. The third kappa shape index (κ3) is 5.63. The van der Waals surface area contributed by atoms with Crippen LogP contribution >= 0.6 is 0 Å². The number of carboxylic acids is 1. The summed E-state index contributed by atoms with van der Waals surface area (Å²) in [6, 6.07) is 5.49. The van der Waals surface area contributed by atoms with Crippen LogP contribution in [-0.4, -0.2) is 50.0 Å². The van der Waals surface area contributed by atoms with Crippen LogP contribution in [0.2, 0.25) is 0 Å². The Kier molecular flexibility index (Phi) is 6.64. The predicted octanol–water partition coefficient (Wildman–Crippen LogP) is 1.78. The van der Waals surface area contributed by atoms with Gasteiger partial charge in [0.1, 0.15) is 11.5 Å². The number of ether oxygens (including phenoxy) is 3. The summed E-state index contributed by atoms with van der Waals surface area (Å²) < 4.78 is 15.7. The number of hydrogen-bond acceptors (Lipinski definition) is 5. The molecule has 1 amide bonds. The van der Waals surface area contributed by atoms with Gasteiger partial charge in [-0.05, 0) is 37.0 Å². The van der Waals surface area contributed by atoms with Crippen LogP contribution < -0.4 is 14.8 Å². The van der Waals surface area contributed by atoms with Gasteiger partial charge in [0.25, 0.3) is 0 Å². The van der Waals surface area contributed by atoms with Crippen molar-refractivity contribution in [1.82, 2.24) is 5.32 Å². The third-order valence-corrected chi connectivity index (χ3v) is 4.40. The van der Waals surface area contributed by atoms with Crippen LogP contribution in [0.1, 0.15) is 31.2 Å². The first kappa shape index (κ1) is 19.1. The lowest BCUT2D eigenvalue weighted by Gasteiger charge is -2.36. The number of nitrogens with one attached hydrogen (secondary N) is 1. The van der Waals surface area contributed by atoms with Crippen molar-refractivity contribution in [3.05, 3.63) is 23.8 Å². The standard InChI is InChI=1S/C18H25NO6/c1-23-14-9-13(10-15(11-14)24-2)3-4-16(20)19-18(12-17(21)22)5-7-25-8-6-18/h9-11H,3-8,12H2,1-2H3,(H,19,20)(H,21,22). The van der Waals surface area contributed by atoms with Crippen LogP contribution in [0.3, 0.4) is 0 Å². The molecule has 7 heteroatoms. The van der Waals surface area contributed by atoms with Crippen LogP contribution in [0.25, 0.3) is 0 Å². The van der Waals surface area contributed by atoms with Gasteiger partial charge < -0.3 is 24.6 Å². The van der Waals surface area contributed by atoms with Crippen molar-refractivity contribution in [2.24, 2.45) is 0 Å². The summed E-state index contributed by atoms with van der Waals surface area (Å²) >= 11 is 0. The van der Waals surface area contributed by atoms with Crippen molar-refractivity contribution in [3.63, 3.8) is 0 Å². The highest BCUT2D eigenvalue weighted by molar-refractivity contribution is 5.78. The zero-order chi connectivity index (χ0) is 18.3. The summed E-state index contributed by atoms with van der Waals surface area (Å²) in [6.45, 7) is 0.918. The molecule has 2 N–H and O–H groups in total. The number of rotatable bonds is 8. The smallest absolute Gasteiger partial charge is 0.305 e. The average molecular weight is 351 g/mol. The average Bonchev–Trinajstić information content (AvgIpc) is 2.59. The second-order valence-electron chi connectivity index (χ2n) is 6.23. The fourth-order valence-corrected chi connectivity index (χ4v) is 3.02. The summed E-state index contributed by atoms with van der Waals surface area (Å²) in [5, 5.41) is 12.1. The number of methoxy groups -OCH3 is 2. The second-order valence-corrected chi connectivity index (χ2v) is 6.23. The van der Waals surface area contributed by atoms with E-state index in [4.69, 9.17) is 19.3 Å². The van der Waals surface area contributed by atoms with E-state index in [9.17, 15) is 9.59 Å². The molecule has 0 aromatic heterocycles. The Hall–Kier alpha value is -2.28. The molecule has 2 rings (SSSR count). The van der Waals surface area contributed by atoms with Gasteiger partial charge in [0.05, 0.1) is 26.2 Å². The van der Waals surface area contributed by atoms with E-state index in [1.807, 2.05) is 12.1 Å². The van der Waals surface area contributed by atoms with Gasteiger partial charge in [-0.25, -0.2) is 0 Å². The number of carboxylic acid groups (broad SMARTS) is 1. The number of aryl methyl sites for hydroxylation is 1. The van der Waals surface area contributed by atoms with Gasteiger partial charge in [-0.3, -0.25) is 9.59 Å². The Morgan fingerprint density at radius 3 is 2.28 bits per heavy atom. The van der Waals surface area contributed by atoms with Crippen molar-refractivity contribution in [1.29, 1.82) is 0 Å². The van der Waals surface area contributed by atoms with Crippen LogP contribution in [0.4, 0.5) is 0 Å². The summed E-state index contributed by atoms with van der Waals surface area (Å²) in [6.07, 6.45) is 1.71. The fourth-order valence-electron chi connectivity index (χ4n) is 3.02. The van der Waals surface area contributed by atoms with Crippen LogP contribution in [0.15, 0.2) is 18.2 Å². The van der Waals surface area contributed by atoms with Gasteiger partial charge in [-0.15, -0.1) is 0 Å². The maximum absolute atomic E-state index is 12.4. The van der Waals surface area contributed by atoms with Crippen molar-refractivity contribution in [2.45, 2.75) is 37.6 Å². The molecule has 1 fully saturated rings. The van der Waals surface area contributed by atoms with E-state index in [0.717, 1.165) is 5.56 Å². The van der Waals surface area contributed by atoms with E-state index >= 15 is 0 Å². The molecule has 1 aliphatic heterocycles. The molecule has 0 atom stereocenters. The number of carbonyl (C=O) groups is 2. The molecule has 1 aromatic carbocycles. The van der Waals surface area contributed by atoms with E-state index < -0.39 is 11.5 Å². The molecular weight excluding hydrogens is 326 g/mol. The Labute approximate surface area is 147 Å². The van der Waals surface area contributed by atoms with Gasteiger partial charge in [0.15, 0.2) is 0 Å². The molecular formula is C18H25NO6. The molecule has 0 spiro atoms. The Morgan fingerprint density at radius 2 is 1.76 bits per heavy atom. The van der Waals surface area contributed by atoms with E-state index in [-0.39, 0.29) is 18.7 Å². The zero-order valence-corrected chi connectivity index (χ0v) is 14.7. The minimum absolute atomic E-state index is 0.0882. The van der Waals surface area contributed by atoms with Crippen molar-refractivity contribution in [3.8, 4) is 11.5 Å². The summed E-state index contributed by atoms with van der Waals surface area (Å²) in [5.41, 5.74) is 0.207. The minimum Gasteiger partial charge on any atom is -0.497 e. The second kappa shape index (κ2) is 8.71. The number of hydrogen-bond donors (Lipinski definition) is 2. The predicted molar refractivity (Wildman–Crippen MR) is 91.0 cm³/mol. The van der Waals surface area contributed by atoms with Gasteiger partial charge in [0.2, 0.25) is 5.91 Å². The summed E-state index contributed by atoms with van der Waals surface area (Å²) in [4.78, 5) is 23.5. The first-order valence-corrected chi connectivity index (χ1v) is 8.29. The lowest BCUT2D eigenvalue weighted by molar-refractivity contribution is -0.140. The highest BCUT2D eigenvalue weighted by Crippen LogP contribution is 2.26. The largest absolute Gasteiger partial charge is 0.497 e. The summed E-state index contributed by atoms with van der Waals surface area (Å²) in [7, 11) is 3.15.